The summed E-state index contributed by atoms with van der Waals surface area (Å²) in [5, 5.41) is 8.12. The molecule has 3 nitrogen and oxygen atoms in total. The van der Waals surface area contributed by atoms with E-state index in [0.29, 0.717) is 0 Å². The van der Waals surface area contributed by atoms with E-state index in [1.807, 2.05) is 4.68 Å². The van der Waals surface area contributed by atoms with E-state index in [9.17, 15) is 0 Å². The second-order valence-corrected chi connectivity index (χ2v) is 3.78. The minimum Gasteiger partial charge on any atom is -0.248 e. The van der Waals surface area contributed by atoms with Crippen LogP contribution in [0.4, 0.5) is 0 Å². The molecule has 1 rings (SSSR count). The Balaban J connectivity index is 2.70. The Bertz CT molecular complexity index is 244. The van der Waals surface area contributed by atoms with Gasteiger partial charge >= 0.3 is 0 Å². The molecule has 0 amide bonds. The largest absolute Gasteiger partial charge is 0.248 e. The molecule has 0 saturated carbocycles. The topological polar surface area (TPSA) is 30.7 Å². The van der Waals surface area contributed by atoms with Crippen LogP contribution in [0.25, 0.3) is 0 Å². The van der Waals surface area contributed by atoms with Crippen molar-refractivity contribution < 1.29 is 0 Å². The van der Waals surface area contributed by atoms with Gasteiger partial charge in [0, 0.05) is 6.54 Å². The van der Waals surface area contributed by atoms with E-state index in [4.69, 9.17) is 0 Å². The van der Waals surface area contributed by atoms with E-state index in [1.54, 1.807) is 0 Å². The predicted molar refractivity (Wildman–Crippen MR) is 57.0 cm³/mol. The SMILES string of the molecule is CCCCn1nnc(I)c1CC. The van der Waals surface area contributed by atoms with Crippen molar-refractivity contribution in [3.05, 3.63) is 9.39 Å². The summed E-state index contributed by atoms with van der Waals surface area (Å²) in [4.78, 5) is 0. The van der Waals surface area contributed by atoms with Gasteiger partial charge in [-0.1, -0.05) is 25.5 Å². The van der Waals surface area contributed by atoms with Crippen molar-refractivity contribution in [2.75, 3.05) is 0 Å². The van der Waals surface area contributed by atoms with Gasteiger partial charge in [-0.3, -0.25) is 0 Å². The van der Waals surface area contributed by atoms with Crippen molar-refractivity contribution >= 4 is 22.6 Å². The number of halogens is 1. The molecule has 0 aliphatic carbocycles. The third-order valence-corrected chi connectivity index (χ3v) is 2.69. The Hall–Kier alpha value is -0.130. The van der Waals surface area contributed by atoms with E-state index in [0.717, 1.165) is 16.7 Å². The standard InChI is InChI=1S/C8H14IN3/c1-3-5-6-12-7(4-2)8(9)10-11-12/h3-6H2,1-2H3. The maximum atomic E-state index is 4.08. The highest BCUT2D eigenvalue weighted by molar-refractivity contribution is 14.1. The Labute approximate surface area is 86.7 Å². The van der Waals surface area contributed by atoms with E-state index >= 15 is 0 Å². The zero-order chi connectivity index (χ0) is 8.97. The normalized spacial score (nSPS) is 10.6. The molecule has 4 heteroatoms. The predicted octanol–water partition coefficient (Wildman–Crippen LogP) is 2.25. The fraction of sp³-hybridized carbons (Fsp3) is 0.750. The summed E-state index contributed by atoms with van der Waals surface area (Å²) < 4.78 is 3.07. The van der Waals surface area contributed by atoms with Crippen molar-refractivity contribution in [3.63, 3.8) is 0 Å². The highest BCUT2D eigenvalue weighted by Crippen LogP contribution is 2.09. The highest BCUT2D eigenvalue weighted by atomic mass is 127. The molecule has 1 heterocycles. The molecule has 0 spiro atoms. The number of aryl methyl sites for hydroxylation is 1. The van der Waals surface area contributed by atoms with Crippen molar-refractivity contribution in [2.24, 2.45) is 0 Å². The molecule has 0 atom stereocenters. The summed E-state index contributed by atoms with van der Waals surface area (Å²) in [5.74, 6) is 0. The van der Waals surface area contributed by atoms with Gasteiger partial charge < -0.3 is 0 Å². The monoisotopic (exact) mass is 279 g/mol. The van der Waals surface area contributed by atoms with Crippen LogP contribution < -0.4 is 0 Å². The number of hydrogen-bond acceptors (Lipinski definition) is 2. The van der Waals surface area contributed by atoms with Crippen LogP contribution in [0, 0.1) is 3.70 Å². The Morgan fingerprint density at radius 2 is 2.17 bits per heavy atom. The van der Waals surface area contributed by atoms with E-state index in [1.165, 1.54) is 18.5 Å². The van der Waals surface area contributed by atoms with Gasteiger partial charge in [0.05, 0.1) is 5.69 Å². The van der Waals surface area contributed by atoms with Crippen molar-refractivity contribution in [1.29, 1.82) is 0 Å². The fourth-order valence-corrected chi connectivity index (χ4v) is 1.88. The zero-order valence-electron chi connectivity index (χ0n) is 7.55. The first-order chi connectivity index (χ1) is 5.79. The van der Waals surface area contributed by atoms with Crippen LogP contribution in [-0.4, -0.2) is 15.0 Å². The Morgan fingerprint density at radius 3 is 2.75 bits per heavy atom. The van der Waals surface area contributed by atoms with Crippen LogP contribution in [0.2, 0.25) is 0 Å². The molecule has 0 aromatic carbocycles. The summed E-state index contributed by atoms with van der Waals surface area (Å²) in [6, 6.07) is 0. The molecule has 0 radical (unpaired) electrons. The third-order valence-electron chi connectivity index (χ3n) is 1.85. The molecule has 12 heavy (non-hydrogen) atoms. The van der Waals surface area contributed by atoms with Crippen LogP contribution >= 0.6 is 22.6 Å². The number of aromatic nitrogens is 3. The van der Waals surface area contributed by atoms with E-state index in [-0.39, 0.29) is 0 Å². The lowest BCUT2D eigenvalue weighted by atomic mass is 10.3. The smallest absolute Gasteiger partial charge is 0.146 e. The average molecular weight is 279 g/mol. The van der Waals surface area contributed by atoms with Gasteiger partial charge in [0.1, 0.15) is 3.70 Å². The molecule has 0 bridgehead atoms. The summed E-state index contributed by atoms with van der Waals surface area (Å²) in [5.41, 5.74) is 1.27. The molecule has 68 valence electrons. The molecule has 1 aromatic rings. The van der Waals surface area contributed by atoms with Crippen molar-refractivity contribution in [3.8, 4) is 0 Å². The molecule has 0 unspecified atom stereocenters. The lowest BCUT2D eigenvalue weighted by molar-refractivity contribution is 0.535. The molecular weight excluding hydrogens is 265 g/mol. The van der Waals surface area contributed by atoms with Crippen LogP contribution in [-0.2, 0) is 13.0 Å². The van der Waals surface area contributed by atoms with Gasteiger partial charge in [-0.05, 0) is 35.4 Å². The summed E-state index contributed by atoms with van der Waals surface area (Å²) in [7, 11) is 0. The lowest BCUT2D eigenvalue weighted by Crippen LogP contribution is -2.04. The number of unbranched alkanes of at least 4 members (excludes halogenated alkanes) is 1. The first-order valence-corrected chi connectivity index (χ1v) is 5.45. The van der Waals surface area contributed by atoms with Crippen LogP contribution in [0.3, 0.4) is 0 Å². The average Bonchev–Trinajstić information content (AvgIpc) is 2.43. The van der Waals surface area contributed by atoms with Gasteiger partial charge in [0.2, 0.25) is 0 Å². The van der Waals surface area contributed by atoms with E-state index < -0.39 is 0 Å². The third kappa shape index (κ3) is 2.18. The second kappa shape index (κ2) is 4.79. The first-order valence-electron chi connectivity index (χ1n) is 4.37. The molecule has 0 aliphatic heterocycles. The molecule has 0 N–H and O–H groups in total. The van der Waals surface area contributed by atoms with Gasteiger partial charge in [0.15, 0.2) is 0 Å². The summed E-state index contributed by atoms with van der Waals surface area (Å²) >= 11 is 2.24. The van der Waals surface area contributed by atoms with Gasteiger partial charge in [-0.2, -0.15) is 0 Å². The van der Waals surface area contributed by atoms with Crippen LogP contribution in [0.1, 0.15) is 32.4 Å². The van der Waals surface area contributed by atoms with Crippen molar-refractivity contribution in [2.45, 2.75) is 39.7 Å². The highest BCUT2D eigenvalue weighted by Gasteiger charge is 2.06. The quantitative estimate of drug-likeness (QED) is 0.791. The van der Waals surface area contributed by atoms with Gasteiger partial charge in [-0.15, -0.1) is 5.10 Å². The summed E-state index contributed by atoms with van der Waals surface area (Å²) in [6.07, 6.45) is 3.42. The maximum Gasteiger partial charge on any atom is 0.146 e. The van der Waals surface area contributed by atoms with Crippen LogP contribution in [0.15, 0.2) is 0 Å². The van der Waals surface area contributed by atoms with E-state index in [2.05, 4.69) is 46.8 Å². The zero-order valence-corrected chi connectivity index (χ0v) is 9.71. The Morgan fingerprint density at radius 1 is 1.42 bits per heavy atom. The molecular formula is C8H14IN3. The molecule has 0 fully saturated rings. The van der Waals surface area contributed by atoms with Crippen molar-refractivity contribution in [1.82, 2.24) is 15.0 Å². The minimum absolute atomic E-state index is 1.01. The van der Waals surface area contributed by atoms with Crippen LogP contribution in [0.5, 0.6) is 0 Å². The molecule has 1 aromatic heterocycles. The minimum atomic E-state index is 1.01. The second-order valence-electron chi connectivity index (χ2n) is 2.76. The molecule has 0 saturated heterocycles. The lowest BCUT2D eigenvalue weighted by Gasteiger charge is -2.02. The maximum absolute atomic E-state index is 4.08. The summed E-state index contributed by atoms with van der Waals surface area (Å²) in [6.45, 7) is 5.34. The fourth-order valence-electron chi connectivity index (χ4n) is 1.13. The number of hydrogen-bond donors (Lipinski definition) is 0. The Kier molecular flexibility index (Phi) is 3.97. The van der Waals surface area contributed by atoms with Gasteiger partial charge in [0.25, 0.3) is 0 Å². The number of nitrogens with zero attached hydrogens (tertiary/aromatic N) is 3. The molecule has 0 aliphatic rings. The van der Waals surface area contributed by atoms with Gasteiger partial charge in [-0.25, -0.2) is 4.68 Å². The first kappa shape index (κ1) is 9.95. The number of rotatable bonds is 4.